The Morgan fingerprint density at radius 2 is 1.43 bits per heavy atom. The number of benzene rings is 5. The number of oxime groups is 1. The molecule has 0 saturated carbocycles. The molecule has 0 unspecified atom stereocenters. The summed E-state index contributed by atoms with van der Waals surface area (Å²) in [6, 6.07) is 36.0. The zero-order valence-electron chi connectivity index (χ0n) is 43.2. The summed E-state index contributed by atoms with van der Waals surface area (Å²) in [5.74, 6) is -4.58. The third kappa shape index (κ3) is 13.9. The van der Waals surface area contributed by atoms with Gasteiger partial charge in [-0.25, -0.2) is 18.6 Å². The molecular weight excluding hydrogens is 1080 g/mol. The molecule has 1 saturated heterocycles. The molecule has 2 atom stereocenters. The lowest BCUT2D eigenvalue weighted by molar-refractivity contribution is -0.153. The van der Waals surface area contributed by atoms with Crippen LogP contribution in [0.4, 0.5) is 13.9 Å². The van der Waals surface area contributed by atoms with E-state index in [0.29, 0.717) is 22.0 Å². The van der Waals surface area contributed by atoms with E-state index in [0.717, 1.165) is 34.1 Å². The molecule has 1 fully saturated rings. The molecule has 414 valence electrons. The third-order valence-electron chi connectivity index (χ3n) is 12.3. The summed E-state index contributed by atoms with van der Waals surface area (Å²) >= 11 is 8.47. The van der Waals surface area contributed by atoms with E-state index >= 15 is 8.78 Å². The lowest BCUT2D eigenvalue weighted by atomic mass is 9.77. The molecule has 0 spiro atoms. The average Bonchev–Trinajstić information content (AvgIpc) is 4.10. The molecule has 1 aromatic heterocycles. The number of fused-ring (bicyclic) bond motifs is 1. The molecule has 79 heavy (non-hydrogen) atoms. The number of esters is 1. The second-order valence-electron chi connectivity index (χ2n) is 17.3. The van der Waals surface area contributed by atoms with Crippen molar-refractivity contribution < 1.29 is 65.9 Å². The van der Waals surface area contributed by atoms with Crippen molar-refractivity contribution in [3.8, 4) is 17.2 Å². The number of amides is 2. The normalized spacial score (nSPS) is 15.3. The van der Waals surface area contributed by atoms with Gasteiger partial charge in [-0.2, -0.15) is 0 Å². The van der Waals surface area contributed by atoms with Crippen LogP contribution in [0.1, 0.15) is 33.5 Å². The Balaban J connectivity index is 1.11. The van der Waals surface area contributed by atoms with Crippen LogP contribution in [-0.4, -0.2) is 118 Å². The first-order valence-electron chi connectivity index (χ1n) is 24.6. The van der Waals surface area contributed by atoms with Gasteiger partial charge in [-0.15, -0.1) is 34.7 Å². The van der Waals surface area contributed by atoms with E-state index in [2.05, 4.69) is 15.8 Å². The van der Waals surface area contributed by atoms with Crippen molar-refractivity contribution in [3.05, 3.63) is 195 Å². The van der Waals surface area contributed by atoms with Crippen molar-refractivity contribution in [2.75, 3.05) is 78.3 Å². The molecule has 22 heteroatoms. The summed E-state index contributed by atoms with van der Waals surface area (Å²) in [6.45, 7) is -1.16. The number of anilines is 1. The monoisotopic (exact) mass is 1140 g/mol. The lowest BCUT2D eigenvalue weighted by Crippen LogP contribution is -2.71. The topological polar surface area (TPSA) is 187 Å². The number of allylic oxidation sites excluding steroid dienone is 2. The van der Waals surface area contributed by atoms with Gasteiger partial charge >= 0.3 is 5.97 Å². The Morgan fingerprint density at radius 3 is 2.01 bits per heavy atom. The van der Waals surface area contributed by atoms with Crippen molar-refractivity contribution in [1.82, 2.24) is 15.2 Å². The largest absolute Gasteiger partial charge is 0.497 e. The standard InChI is InChI=1S/C57H56ClF2N5O12S2/c1-69-26-28-72-35-75-50-44(59)30-39(46(60)51(50)76-36-73-29-27-70-2)32-77-64-47(45-34-79-56(61-45)63-57(40-15-7-4-8-16-40,41-17-9-5-10-18-41)42-19-11-6-12-20-42)52(66)62-48-53(67)65-49(38(14-13-25-58)33-78-54(48)65)55(68)74-31-37-21-23-43(71-3)24-22-37/h4-24,30,34,48,54H,25-29,31-33,35-36H2,1-3H3,(H,61,63)(H,62,66)/b14-13+,64-47-/t48-,54+/m0/s1. The number of nitrogens with zero attached hydrogens (tertiary/aromatic N) is 3. The molecular formula is C57H56ClF2N5O12S2. The summed E-state index contributed by atoms with van der Waals surface area (Å²) in [4.78, 5) is 54.8. The van der Waals surface area contributed by atoms with E-state index < -0.39 is 83.8 Å². The fraction of sp³-hybridized carbons (Fsp3) is 0.281. The molecule has 17 nitrogen and oxygen atoms in total. The molecule has 2 amide bonds. The number of nitrogens with one attached hydrogen (secondary N) is 2. The summed E-state index contributed by atoms with van der Waals surface area (Å²) in [6.07, 6.45) is 3.31. The number of aromatic nitrogens is 1. The van der Waals surface area contributed by atoms with Crippen LogP contribution in [-0.2, 0) is 61.7 Å². The summed E-state index contributed by atoms with van der Waals surface area (Å²) in [5, 5.41) is 11.8. The van der Waals surface area contributed by atoms with Gasteiger partial charge in [0.15, 0.2) is 36.1 Å². The SMILES string of the molecule is COCCOCOc1c(F)cc(CO/N=C(\C(=O)N[C@H]2C(=O)N3C(C(=O)OCc4ccc(OC)cc4)=C(/C=C/CCl)CS[C@H]23)c2csc(NC(c3ccccc3)(c3ccccc3)c3ccccc3)n2)c(F)c1OCOCCOC. The van der Waals surface area contributed by atoms with E-state index in [-0.39, 0.29) is 61.6 Å². The number of rotatable bonds is 29. The van der Waals surface area contributed by atoms with Crippen LogP contribution < -0.4 is 24.8 Å². The molecule has 5 aromatic carbocycles. The fourth-order valence-electron chi connectivity index (χ4n) is 8.46. The zero-order valence-corrected chi connectivity index (χ0v) is 45.6. The number of carbonyl (C=O) groups excluding carboxylic acids is 3. The Kier molecular flexibility index (Phi) is 20.8. The van der Waals surface area contributed by atoms with Crippen molar-refractivity contribution in [2.24, 2.45) is 5.16 Å². The minimum Gasteiger partial charge on any atom is -0.497 e. The van der Waals surface area contributed by atoms with Gasteiger partial charge in [-0.1, -0.05) is 120 Å². The quantitative estimate of drug-likeness (QED) is 0.00662. The molecule has 2 N–H and O–H groups in total. The summed E-state index contributed by atoms with van der Waals surface area (Å²) in [5.41, 5.74) is 2.03. The molecule has 0 radical (unpaired) electrons. The third-order valence-corrected chi connectivity index (χ3v) is 14.5. The van der Waals surface area contributed by atoms with Gasteiger partial charge in [0.2, 0.25) is 11.5 Å². The Labute approximate surface area is 468 Å². The Hall–Kier alpha value is -7.37. The molecule has 0 bridgehead atoms. The Morgan fingerprint density at radius 1 is 0.823 bits per heavy atom. The number of hydrogen-bond acceptors (Lipinski definition) is 17. The van der Waals surface area contributed by atoms with Crippen LogP contribution in [0.25, 0.3) is 0 Å². The van der Waals surface area contributed by atoms with Gasteiger partial charge in [-0.05, 0) is 46.0 Å². The fourth-order valence-corrected chi connectivity index (χ4v) is 10.6. The summed E-state index contributed by atoms with van der Waals surface area (Å²) in [7, 11) is 4.50. The molecule has 6 aromatic rings. The van der Waals surface area contributed by atoms with Gasteiger partial charge in [0.25, 0.3) is 11.8 Å². The van der Waals surface area contributed by atoms with Crippen LogP contribution in [0.5, 0.6) is 17.2 Å². The van der Waals surface area contributed by atoms with E-state index in [4.69, 9.17) is 59.3 Å². The lowest BCUT2D eigenvalue weighted by Gasteiger charge is -2.49. The molecule has 0 aliphatic carbocycles. The van der Waals surface area contributed by atoms with Gasteiger partial charge in [0.05, 0.1) is 33.5 Å². The van der Waals surface area contributed by atoms with Gasteiger partial charge < -0.3 is 53.4 Å². The highest BCUT2D eigenvalue weighted by Crippen LogP contribution is 2.43. The van der Waals surface area contributed by atoms with Crippen LogP contribution >= 0.6 is 34.7 Å². The Bertz CT molecular complexity index is 3010. The van der Waals surface area contributed by atoms with Gasteiger partial charge in [-0.3, -0.25) is 14.5 Å². The van der Waals surface area contributed by atoms with Gasteiger partial charge in [0, 0.05) is 36.8 Å². The molecule has 3 heterocycles. The second kappa shape index (κ2) is 28.5. The number of ether oxygens (including phenoxy) is 8. The van der Waals surface area contributed by atoms with E-state index in [1.165, 1.54) is 30.9 Å². The van der Waals surface area contributed by atoms with Crippen LogP contribution in [0.2, 0.25) is 0 Å². The van der Waals surface area contributed by atoms with Crippen LogP contribution in [0.3, 0.4) is 0 Å². The smallest absolute Gasteiger partial charge is 0.355 e. The molecule has 2 aliphatic rings. The highest BCUT2D eigenvalue weighted by molar-refractivity contribution is 8.00. The first-order valence-corrected chi connectivity index (χ1v) is 27.1. The highest BCUT2D eigenvalue weighted by Gasteiger charge is 2.54. The van der Waals surface area contributed by atoms with E-state index in [1.54, 1.807) is 48.9 Å². The number of thiazole rings is 1. The van der Waals surface area contributed by atoms with Crippen molar-refractivity contribution in [1.29, 1.82) is 0 Å². The number of carbonyl (C=O) groups is 3. The van der Waals surface area contributed by atoms with Crippen molar-refractivity contribution >= 4 is 63.3 Å². The number of methoxy groups -OCH3 is 3. The minimum absolute atomic E-state index is 0.00491. The van der Waals surface area contributed by atoms with Crippen molar-refractivity contribution in [3.63, 3.8) is 0 Å². The van der Waals surface area contributed by atoms with Crippen LogP contribution in [0, 0.1) is 11.6 Å². The maximum absolute atomic E-state index is 16.4. The van der Waals surface area contributed by atoms with Crippen molar-refractivity contribution in [2.45, 2.75) is 30.2 Å². The first kappa shape index (κ1) is 57.8. The zero-order chi connectivity index (χ0) is 55.6. The minimum atomic E-state index is -1.17. The maximum atomic E-state index is 16.4. The number of halogens is 3. The molecule has 8 rings (SSSR count). The maximum Gasteiger partial charge on any atom is 0.355 e. The van der Waals surface area contributed by atoms with E-state index in [1.807, 2.05) is 91.0 Å². The van der Waals surface area contributed by atoms with Crippen LogP contribution in [0.15, 0.2) is 155 Å². The number of hydrogen-bond donors (Lipinski definition) is 2. The molecule has 2 aliphatic heterocycles. The number of alkyl halides is 1. The summed E-state index contributed by atoms with van der Waals surface area (Å²) < 4.78 is 74.9. The van der Waals surface area contributed by atoms with E-state index in [9.17, 15) is 14.4 Å². The second-order valence-corrected chi connectivity index (χ2v) is 19.5. The predicted molar refractivity (Wildman–Crippen MR) is 294 cm³/mol. The van der Waals surface area contributed by atoms with Gasteiger partial charge in [0.1, 0.15) is 47.3 Å². The number of thioether (sulfide) groups is 1. The highest BCUT2D eigenvalue weighted by atomic mass is 35.5. The first-order chi connectivity index (χ1) is 38.6. The average molecular weight is 1140 g/mol. The predicted octanol–water partition coefficient (Wildman–Crippen LogP) is 8.95. The number of β-lactam (4-membered cyclic amide) rings is 1.